The molecule has 0 aromatic rings. The highest BCUT2D eigenvalue weighted by Crippen LogP contribution is 2.21. The fourth-order valence-corrected chi connectivity index (χ4v) is 2.93. The van der Waals surface area contributed by atoms with Crippen molar-refractivity contribution in [2.24, 2.45) is 11.8 Å². The van der Waals surface area contributed by atoms with Gasteiger partial charge in [0.2, 0.25) is 0 Å². The topological polar surface area (TPSA) is 15.3 Å². The third-order valence-corrected chi connectivity index (χ3v) is 4.34. The summed E-state index contributed by atoms with van der Waals surface area (Å²) < 4.78 is 0. The zero-order chi connectivity index (χ0) is 13.5. The molecule has 0 bridgehead atoms. The van der Waals surface area contributed by atoms with Crippen LogP contribution >= 0.6 is 0 Å². The Morgan fingerprint density at radius 2 is 1.89 bits per heavy atom. The van der Waals surface area contributed by atoms with Gasteiger partial charge in [-0.1, -0.05) is 20.8 Å². The van der Waals surface area contributed by atoms with Crippen LogP contribution in [-0.2, 0) is 0 Å². The number of rotatable bonds is 7. The van der Waals surface area contributed by atoms with Crippen LogP contribution in [0, 0.1) is 11.8 Å². The van der Waals surface area contributed by atoms with E-state index >= 15 is 0 Å². The van der Waals surface area contributed by atoms with Gasteiger partial charge in [0.15, 0.2) is 0 Å². The van der Waals surface area contributed by atoms with Crippen molar-refractivity contribution in [1.29, 1.82) is 0 Å². The molecular formula is C16H34N2. The monoisotopic (exact) mass is 254 g/mol. The Morgan fingerprint density at radius 3 is 2.50 bits per heavy atom. The lowest BCUT2D eigenvalue weighted by atomic mass is 9.93. The van der Waals surface area contributed by atoms with Crippen molar-refractivity contribution in [2.45, 2.75) is 72.4 Å². The lowest BCUT2D eigenvalue weighted by Crippen LogP contribution is -2.44. The molecule has 2 nitrogen and oxygen atoms in total. The molecule has 0 aromatic heterocycles. The van der Waals surface area contributed by atoms with Crippen molar-refractivity contribution in [1.82, 2.24) is 10.2 Å². The van der Waals surface area contributed by atoms with Crippen LogP contribution in [0.1, 0.15) is 60.3 Å². The van der Waals surface area contributed by atoms with Gasteiger partial charge in [-0.05, 0) is 57.9 Å². The predicted molar refractivity (Wildman–Crippen MR) is 81.0 cm³/mol. The van der Waals surface area contributed by atoms with Crippen LogP contribution < -0.4 is 5.32 Å². The van der Waals surface area contributed by atoms with Gasteiger partial charge < -0.3 is 5.32 Å². The first kappa shape index (κ1) is 16.0. The minimum atomic E-state index is 0.673. The molecule has 1 rings (SSSR count). The second-order valence-corrected chi connectivity index (χ2v) is 6.84. The predicted octanol–water partition coefficient (Wildman–Crippen LogP) is 3.52. The first-order chi connectivity index (χ1) is 8.49. The summed E-state index contributed by atoms with van der Waals surface area (Å²) in [6.07, 6.45) is 5.41. The van der Waals surface area contributed by atoms with Gasteiger partial charge in [-0.2, -0.15) is 0 Å². The normalized spacial score (nSPS) is 27.7. The van der Waals surface area contributed by atoms with E-state index in [0.29, 0.717) is 6.04 Å². The van der Waals surface area contributed by atoms with Gasteiger partial charge in [-0.25, -0.2) is 0 Å². The summed E-state index contributed by atoms with van der Waals surface area (Å²) in [7, 11) is 0. The summed E-state index contributed by atoms with van der Waals surface area (Å²) in [5.74, 6) is 1.76. The fraction of sp³-hybridized carbons (Fsp3) is 1.00. The number of piperidine rings is 1. The van der Waals surface area contributed by atoms with E-state index in [-0.39, 0.29) is 0 Å². The minimum absolute atomic E-state index is 0.673. The van der Waals surface area contributed by atoms with Crippen LogP contribution in [0.2, 0.25) is 0 Å². The molecule has 0 radical (unpaired) electrons. The number of nitrogens with one attached hydrogen (secondary N) is 1. The molecule has 0 aliphatic carbocycles. The quantitative estimate of drug-likeness (QED) is 0.748. The maximum Gasteiger partial charge on any atom is 0.0110 e. The minimum Gasteiger partial charge on any atom is -0.313 e. The van der Waals surface area contributed by atoms with E-state index in [1.165, 1.54) is 38.8 Å². The fourth-order valence-electron chi connectivity index (χ4n) is 2.93. The largest absolute Gasteiger partial charge is 0.313 e. The summed E-state index contributed by atoms with van der Waals surface area (Å²) in [5.41, 5.74) is 0. The molecule has 3 unspecified atom stereocenters. The lowest BCUT2D eigenvalue weighted by molar-refractivity contribution is 0.129. The summed E-state index contributed by atoms with van der Waals surface area (Å²) in [6, 6.07) is 1.45. The second-order valence-electron chi connectivity index (χ2n) is 6.84. The third kappa shape index (κ3) is 6.19. The van der Waals surface area contributed by atoms with Gasteiger partial charge in [0.25, 0.3) is 0 Å². The first-order valence-corrected chi connectivity index (χ1v) is 7.96. The number of nitrogens with zero attached hydrogens (tertiary/aromatic N) is 1. The highest BCUT2D eigenvalue weighted by Gasteiger charge is 2.22. The smallest absolute Gasteiger partial charge is 0.0110 e. The number of hydrogen-bond donors (Lipinski definition) is 1. The molecule has 1 aliphatic rings. The van der Waals surface area contributed by atoms with Gasteiger partial charge in [-0.15, -0.1) is 0 Å². The van der Waals surface area contributed by atoms with E-state index in [0.717, 1.165) is 24.4 Å². The molecule has 108 valence electrons. The van der Waals surface area contributed by atoms with Gasteiger partial charge in [0.05, 0.1) is 0 Å². The molecule has 1 fully saturated rings. The van der Waals surface area contributed by atoms with Crippen molar-refractivity contribution >= 4 is 0 Å². The molecule has 0 amide bonds. The molecule has 0 aromatic carbocycles. The van der Waals surface area contributed by atoms with Crippen LogP contribution in [0.15, 0.2) is 0 Å². The average molecular weight is 254 g/mol. The van der Waals surface area contributed by atoms with E-state index in [9.17, 15) is 0 Å². The Morgan fingerprint density at radius 1 is 1.17 bits per heavy atom. The maximum atomic E-state index is 3.68. The molecule has 0 saturated carbocycles. The summed E-state index contributed by atoms with van der Waals surface area (Å²) in [5, 5.41) is 3.68. The van der Waals surface area contributed by atoms with Crippen molar-refractivity contribution in [3.05, 3.63) is 0 Å². The number of likely N-dealkylation sites (tertiary alicyclic amines) is 1. The summed E-state index contributed by atoms with van der Waals surface area (Å²) in [6.45, 7) is 15.4. The lowest BCUT2D eigenvalue weighted by Gasteiger charge is -2.36. The highest BCUT2D eigenvalue weighted by molar-refractivity contribution is 4.77. The van der Waals surface area contributed by atoms with Crippen molar-refractivity contribution in [2.75, 3.05) is 19.6 Å². The molecule has 2 heteroatoms. The maximum absolute atomic E-state index is 3.68. The third-order valence-electron chi connectivity index (χ3n) is 4.34. The number of hydrogen-bond acceptors (Lipinski definition) is 2. The molecule has 3 atom stereocenters. The molecule has 18 heavy (non-hydrogen) atoms. The van der Waals surface area contributed by atoms with E-state index in [2.05, 4.69) is 44.8 Å². The Kier molecular flexibility index (Phi) is 7.25. The molecule has 1 aliphatic heterocycles. The van der Waals surface area contributed by atoms with Gasteiger partial charge in [0.1, 0.15) is 0 Å². The van der Waals surface area contributed by atoms with Crippen molar-refractivity contribution in [3.8, 4) is 0 Å². The van der Waals surface area contributed by atoms with E-state index in [1.807, 2.05) is 0 Å². The SMILES string of the molecule is CC(C)CCC(C)NCCN1CCC(C)CC1C. The second kappa shape index (κ2) is 8.16. The van der Waals surface area contributed by atoms with E-state index in [4.69, 9.17) is 0 Å². The molecule has 1 N–H and O–H groups in total. The summed E-state index contributed by atoms with van der Waals surface area (Å²) in [4.78, 5) is 2.65. The Balaban J connectivity index is 2.10. The first-order valence-electron chi connectivity index (χ1n) is 7.96. The highest BCUT2D eigenvalue weighted by atomic mass is 15.2. The molecule has 0 spiro atoms. The molecular weight excluding hydrogens is 220 g/mol. The molecule has 1 saturated heterocycles. The summed E-state index contributed by atoms with van der Waals surface area (Å²) >= 11 is 0. The van der Waals surface area contributed by atoms with Crippen molar-refractivity contribution in [3.63, 3.8) is 0 Å². The zero-order valence-electron chi connectivity index (χ0n) is 13.2. The Labute approximate surface area is 115 Å². The van der Waals surface area contributed by atoms with Gasteiger partial charge >= 0.3 is 0 Å². The Hall–Kier alpha value is -0.0800. The van der Waals surface area contributed by atoms with Crippen LogP contribution in [0.25, 0.3) is 0 Å². The van der Waals surface area contributed by atoms with Crippen LogP contribution in [0.3, 0.4) is 0 Å². The van der Waals surface area contributed by atoms with Gasteiger partial charge in [0, 0.05) is 25.2 Å². The van der Waals surface area contributed by atoms with Crippen LogP contribution in [0.4, 0.5) is 0 Å². The standard InChI is InChI=1S/C16H34N2/c1-13(2)6-7-15(4)17-9-11-18-10-8-14(3)12-16(18)5/h13-17H,6-12H2,1-5H3. The van der Waals surface area contributed by atoms with E-state index < -0.39 is 0 Å². The Bertz CT molecular complexity index is 215. The zero-order valence-corrected chi connectivity index (χ0v) is 13.2. The van der Waals surface area contributed by atoms with Crippen LogP contribution in [0.5, 0.6) is 0 Å². The average Bonchev–Trinajstić information content (AvgIpc) is 2.29. The molecule has 1 heterocycles. The van der Waals surface area contributed by atoms with Crippen LogP contribution in [-0.4, -0.2) is 36.6 Å². The van der Waals surface area contributed by atoms with Crippen molar-refractivity contribution < 1.29 is 0 Å². The van der Waals surface area contributed by atoms with Gasteiger partial charge in [-0.3, -0.25) is 4.90 Å². The van der Waals surface area contributed by atoms with E-state index in [1.54, 1.807) is 0 Å².